The van der Waals surface area contributed by atoms with E-state index in [0.29, 0.717) is 5.56 Å². The summed E-state index contributed by atoms with van der Waals surface area (Å²) in [4.78, 5) is 0. The molecule has 0 fully saturated rings. The molecule has 0 unspecified atom stereocenters. The zero-order valence-corrected chi connectivity index (χ0v) is 9.74. The summed E-state index contributed by atoms with van der Waals surface area (Å²) >= 11 is 0. The minimum atomic E-state index is -5.81. The second-order valence-electron chi connectivity index (χ2n) is 4.24. The van der Waals surface area contributed by atoms with Gasteiger partial charge >= 0.3 is 17.8 Å². The molecule has 0 saturated carbocycles. The normalized spacial score (nSPS) is 22.9. The van der Waals surface area contributed by atoms with Gasteiger partial charge in [-0.05, 0) is 11.1 Å². The first kappa shape index (κ1) is 14.6. The number of rotatable bonds is 2. The van der Waals surface area contributed by atoms with Gasteiger partial charge in [0.25, 0.3) is 0 Å². The Hall–Kier alpha value is -1.79. The second kappa shape index (κ2) is 4.10. The Kier molecular flexibility index (Phi) is 3.00. The lowest BCUT2D eigenvalue weighted by molar-refractivity contribution is -0.263. The molecule has 0 bridgehead atoms. The van der Waals surface area contributed by atoms with Crippen LogP contribution in [0.1, 0.15) is 11.1 Å². The lowest BCUT2D eigenvalue weighted by atomic mass is 10.00. The molecule has 0 radical (unpaired) electrons. The summed E-state index contributed by atoms with van der Waals surface area (Å²) < 4.78 is 92.4. The number of halogens is 7. The van der Waals surface area contributed by atoms with E-state index >= 15 is 0 Å². The predicted molar refractivity (Wildman–Crippen MR) is 59.4 cm³/mol. The zero-order valence-electron chi connectivity index (χ0n) is 9.74. The highest BCUT2D eigenvalue weighted by Crippen LogP contribution is 2.62. The molecule has 0 heterocycles. The molecule has 0 aliphatic heterocycles. The highest BCUT2D eigenvalue weighted by Gasteiger charge is 2.81. The van der Waals surface area contributed by atoms with Crippen LogP contribution in [0, 0.1) is 0 Å². The van der Waals surface area contributed by atoms with Crippen molar-refractivity contribution in [1.29, 1.82) is 0 Å². The third-order valence-electron chi connectivity index (χ3n) is 3.03. The van der Waals surface area contributed by atoms with Crippen LogP contribution in [-0.4, -0.2) is 17.8 Å². The third kappa shape index (κ3) is 1.61. The van der Waals surface area contributed by atoms with E-state index in [0.717, 1.165) is 12.1 Å². The van der Waals surface area contributed by atoms with Crippen molar-refractivity contribution in [3.05, 3.63) is 47.8 Å². The summed E-state index contributed by atoms with van der Waals surface area (Å²) in [5, 5.41) is 0. The lowest BCUT2D eigenvalue weighted by Crippen LogP contribution is -2.48. The Morgan fingerprint density at radius 1 is 0.850 bits per heavy atom. The summed E-state index contributed by atoms with van der Waals surface area (Å²) in [5.74, 6) is -19.4. The molecule has 0 spiro atoms. The van der Waals surface area contributed by atoms with Crippen LogP contribution >= 0.6 is 0 Å². The average Bonchev–Trinajstić information content (AvgIpc) is 2.46. The van der Waals surface area contributed by atoms with Crippen molar-refractivity contribution in [2.45, 2.75) is 17.8 Å². The number of hydrogen-bond donors (Lipinski definition) is 0. The van der Waals surface area contributed by atoms with Crippen molar-refractivity contribution in [1.82, 2.24) is 0 Å². The van der Waals surface area contributed by atoms with Gasteiger partial charge in [-0.25, -0.2) is 4.39 Å². The van der Waals surface area contributed by atoms with Gasteiger partial charge < -0.3 is 0 Å². The van der Waals surface area contributed by atoms with E-state index < -0.39 is 34.7 Å². The molecule has 0 N–H and O–H groups in total. The fourth-order valence-electron chi connectivity index (χ4n) is 1.88. The van der Waals surface area contributed by atoms with Crippen LogP contribution in [0.15, 0.2) is 36.7 Å². The Bertz CT molecular complexity index is 581. The first-order valence-electron chi connectivity index (χ1n) is 5.34. The summed E-state index contributed by atoms with van der Waals surface area (Å²) in [6.07, 6.45) is 1.32. The minimum absolute atomic E-state index is 0.439. The first-order chi connectivity index (χ1) is 9.07. The van der Waals surface area contributed by atoms with E-state index in [2.05, 4.69) is 6.58 Å². The maximum absolute atomic E-state index is 13.5. The fourth-order valence-corrected chi connectivity index (χ4v) is 1.88. The topological polar surface area (TPSA) is 0 Å². The molecular weight excluding hydrogens is 289 g/mol. The van der Waals surface area contributed by atoms with Gasteiger partial charge in [0.1, 0.15) is 0 Å². The molecule has 0 saturated heterocycles. The van der Waals surface area contributed by atoms with Crippen molar-refractivity contribution < 1.29 is 30.7 Å². The summed E-state index contributed by atoms with van der Waals surface area (Å²) in [6.45, 7) is 3.37. The SMILES string of the molecule is C=Cc1ccc(C2=C(F)C(F)(F)C(F)(F)C2(F)F)cc1. The predicted octanol–water partition coefficient (Wildman–Crippen LogP) is 4.93. The zero-order chi connectivity index (χ0) is 15.3. The van der Waals surface area contributed by atoms with E-state index in [1.165, 1.54) is 18.2 Å². The molecule has 2 rings (SSSR count). The Balaban J connectivity index is 2.65. The van der Waals surface area contributed by atoms with Gasteiger partial charge in [-0.15, -0.1) is 0 Å². The summed E-state index contributed by atoms with van der Waals surface area (Å²) in [7, 11) is 0. The molecule has 0 amide bonds. The van der Waals surface area contributed by atoms with Gasteiger partial charge in [0, 0.05) is 0 Å². The first-order valence-corrected chi connectivity index (χ1v) is 5.34. The number of alkyl halides is 6. The average molecular weight is 296 g/mol. The minimum Gasteiger partial charge on any atom is -0.204 e. The highest BCUT2D eigenvalue weighted by molar-refractivity contribution is 5.79. The van der Waals surface area contributed by atoms with E-state index in [9.17, 15) is 30.7 Å². The fraction of sp³-hybridized carbons (Fsp3) is 0.231. The number of benzene rings is 1. The van der Waals surface area contributed by atoms with Gasteiger partial charge in [0.05, 0.1) is 5.57 Å². The van der Waals surface area contributed by atoms with Crippen molar-refractivity contribution >= 4 is 11.6 Å². The molecule has 1 aliphatic carbocycles. The smallest absolute Gasteiger partial charge is 0.204 e. The van der Waals surface area contributed by atoms with Crippen LogP contribution in [0.3, 0.4) is 0 Å². The summed E-state index contributed by atoms with van der Waals surface area (Å²) in [6, 6.07) is 4.06. The van der Waals surface area contributed by atoms with E-state index in [-0.39, 0.29) is 0 Å². The summed E-state index contributed by atoms with van der Waals surface area (Å²) in [5.41, 5.74) is -2.27. The van der Waals surface area contributed by atoms with Crippen LogP contribution in [0.4, 0.5) is 30.7 Å². The molecule has 20 heavy (non-hydrogen) atoms. The Morgan fingerprint density at radius 2 is 1.35 bits per heavy atom. The second-order valence-corrected chi connectivity index (χ2v) is 4.24. The van der Waals surface area contributed by atoms with E-state index in [4.69, 9.17) is 0 Å². The standard InChI is InChI=1S/C13H7F7/c1-2-7-3-5-8(6-4-7)9-10(14)12(17,18)13(19,20)11(9,15)16/h2-6H,1H2. The van der Waals surface area contributed by atoms with Gasteiger partial charge in [0.15, 0.2) is 5.83 Å². The number of hydrogen-bond acceptors (Lipinski definition) is 0. The highest BCUT2D eigenvalue weighted by atomic mass is 19.3. The molecule has 0 atom stereocenters. The Morgan fingerprint density at radius 3 is 1.70 bits per heavy atom. The molecule has 0 nitrogen and oxygen atoms in total. The van der Waals surface area contributed by atoms with Crippen molar-refractivity contribution in [3.8, 4) is 0 Å². The van der Waals surface area contributed by atoms with E-state index in [1.807, 2.05) is 0 Å². The number of allylic oxidation sites excluding steroid dienone is 2. The molecule has 0 aromatic heterocycles. The van der Waals surface area contributed by atoms with Crippen LogP contribution < -0.4 is 0 Å². The lowest BCUT2D eigenvalue weighted by Gasteiger charge is -2.24. The van der Waals surface area contributed by atoms with Crippen molar-refractivity contribution in [3.63, 3.8) is 0 Å². The van der Waals surface area contributed by atoms with Crippen LogP contribution in [0.25, 0.3) is 11.6 Å². The monoisotopic (exact) mass is 296 g/mol. The van der Waals surface area contributed by atoms with Crippen LogP contribution in [-0.2, 0) is 0 Å². The molecule has 1 aliphatic rings. The molecular formula is C13H7F7. The molecule has 1 aromatic carbocycles. The van der Waals surface area contributed by atoms with Crippen molar-refractivity contribution in [2.24, 2.45) is 0 Å². The van der Waals surface area contributed by atoms with Crippen LogP contribution in [0.5, 0.6) is 0 Å². The maximum atomic E-state index is 13.5. The third-order valence-corrected chi connectivity index (χ3v) is 3.03. The van der Waals surface area contributed by atoms with Gasteiger partial charge in [-0.3, -0.25) is 0 Å². The van der Waals surface area contributed by atoms with Gasteiger partial charge in [-0.2, -0.15) is 26.3 Å². The molecule has 108 valence electrons. The molecule has 7 heteroatoms. The van der Waals surface area contributed by atoms with E-state index in [1.54, 1.807) is 0 Å². The maximum Gasteiger partial charge on any atom is 0.383 e. The Labute approximate surface area is 109 Å². The van der Waals surface area contributed by atoms with Gasteiger partial charge in [-0.1, -0.05) is 36.9 Å². The quantitative estimate of drug-likeness (QED) is 0.679. The van der Waals surface area contributed by atoms with Crippen molar-refractivity contribution in [2.75, 3.05) is 0 Å². The van der Waals surface area contributed by atoms with Crippen LogP contribution in [0.2, 0.25) is 0 Å². The largest absolute Gasteiger partial charge is 0.383 e. The molecule has 1 aromatic rings. The van der Waals surface area contributed by atoms with Gasteiger partial charge in [0.2, 0.25) is 0 Å².